The summed E-state index contributed by atoms with van der Waals surface area (Å²) in [5, 5.41) is 4.77. The van der Waals surface area contributed by atoms with Crippen LogP contribution in [0.1, 0.15) is 16.1 Å². The topological polar surface area (TPSA) is 67.2 Å². The van der Waals surface area contributed by atoms with Gasteiger partial charge in [0.2, 0.25) is 0 Å². The van der Waals surface area contributed by atoms with Crippen LogP contribution in [0.2, 0.25) is 10.0 Å². The highest BCUT2D eigenvalue weighted by molar-refractivity contribution is 6.36. The summed E-state index contributed by atoms with van der Waals surface area (Å²) in [5.74, 6) is -0.450. The van der Waals surface area contributed by atoms with Gasteiger partial charge in [-0.2, -0.15) is 5.10 Å². The molecule has 0 saturated carbocycles. The lowest BCUT2D eigenvalue weighted by Gasteiger charge is -1.99. The molecule has 96 valence electrons. The molecule has 0 radical (unpaired) electrons. The van der Waals surface area contributed by atoms with E-state index in [2.05, 4.69) is 20.5 Å². The number of nitrogens with one attached hydrogen (secondary N) is 1. The molecule has 1 N–H and O–H groups in total. The number of benzene rings is 1. The highest BCUT2D eigenvalue weighted by atomic mass is 35.5. The van der Waals surface area contributed by atoms with Gasteiger partial charge in [0.05, 0.1) is 17.4 Å². The van der Waals surface area contributed by atoms with Crippen molar-refractivity contribution >= 4 is 35.3 Å². The third-order valence-electron chi connectivity index (χ3n) is 2.13. The van der Waals surface area contributed by atoms with Gasteiger partial charge in [0.15, 0.2) is 0 Å². The first kappa shape index (κ1) is 13.5. The van der Waals surface area contributed by atoms with E-state index in [9.17, 15) is 4.79 Å². The zero-order chi connectivity index (χ0) is 13.7. The Morgan fingerprint density at radius 2 is 2.16 bits per heavy atom. The van der Waals surface area contributed by atoms with Crippen molar-refractivity contribution in [2.24, 2.45) is 5.10 Å². The second kappa shape index (κ2) is 6.26. The number of nitrogens with zero attached hydrogens (tertiary/aromatic N) is 3. The molecule has 7 heteroatoms. The number of hydrogen-bond donors (Lipinski definition) is 1. The average molecular weight is 295 g/mol. The van der Waals surface area contributed by atoms with E-state index in [1.165, 1.54) is 24.8 Å². The molecule has 1 aromatic carbocycles. The Morgan fingerprint density at radius 1 is 1.32 bits per heavy atom. The zero-order valence-electron chi connectivity index (χ0n) is 9.55. The van der Waals surface area contributed by atoms with Gasteiger partial charge in [-0.3, -0.25) is 9.78 Å². The number of carbonyl (C=O) groups is 1. The Bertz CT molecular complexity index is 616. The molecule has 19 heavy (non-hydrogen) atoms. The van der Waals surface area contributed by atoms with Gasteiger partial charge in [0.1, 0.15) is 5.69 Å². The van der Waals surface area contributed by atoms with E-state index < -0.39 is 5.91 Å². The predicted octanol–water partition coefficient (Wildman–Crippen LogP) is 2.55. The predicted molar refractivity (Wildman–Crippen MR) is 73.6 cm³/mol. The number of hydrogen-bond acceptors (Lipinski definition) is 4. The van der Waals surface area contributed by atoms with Crippen LogP contribution in [0.4, 0.5) is 0 Å². The smallest absolute Gasteiger partial charge is 0.265 e. The molecular weight excluding hydrogens is 287 g/mol. The first-order valence-electron chi connectivity index (χ1n) is 5.21. The van der Waals surface area contributed by atoms with Gasteiger partial charge in [0.25, 0.3) is 5.91 Å². The molecule has 0 bridgehead atoms. The summed E-state index contributed by atoms with van der Waals surface area (Å²) in [7, 11) is 0. The van der Waals surface area contributed by atoms with Crippen molar-refractivity contribution in [1.29, 1.82) is 0 Å². The van der Waals surface area contributed by atoms with E-state index in [4.69, 9.17) is 23.2 Å². The normalized spacial score (nSPS) is 10.6. The van der Waals surface area contributed by atoms with Crippen molar-refractivity contribution in [3.8, 4) is 0 Å². The second-order valence-corrected chi connectivity index (χ2v) is 4.30. The molecular formula is C12H8Cl2N4O. The van der Waals surface area contributed by atoms with Gasteiger partial charge >= 0.3 is 0 Å². The summed E-state index contributed by atoms with van der Waals surface area (Å²) in [6, 6.07) is 4.97. The van der Waals surface area contributed by atoms with Crippen LogP contribution in [0.5, 0.6) is 0 Å². The largest absolute Gasteiger partial charge is 0.291 e. The lowest BCUT2D eigenvalue weighted by atomic mass is 10.2. The molecule has 0 aliphatic carbocycles. The van der Waals surface area contributed by atoms with Crippen molar-refractivity contribution < 1.29 is 4.79 Å². The number of hydrazone groups is 1. The third-order valence-corrected chi connectivity index (χ3v) is 2.69. The maximum atomic E-state index is 11.6. The average Bonchev–Trinajstić information content (AvgIpc) is 2.42. The van der Waals surface area contributed by atoms with Crippen molar-refractivity contribution in [3.63, 3.8) is 0 Å². The zero-order valence-corrected chi connectivity index (χ0v) is 11.1. The Kier molecular flexibility index (Phi) is 4.43. The summed E-state index contributed by atoms with van der Waals surface area (Å²) in [6.45, 7) is 0. The second-order valence-electron chi connectivity index (χ2n) is 3.46. The number of aromatic nitrogens is 2. The summed E-state index contributed by atoms with van der Waals surface area (Å²) in [4.78, 5) is 19.2. The molecule has 0 unspecified atom stereocenters. The highest BCUT2D eigenvalue weighted by Crippen LogP contribution is 2.19. The Morgan fingerprint density at radius 3 is 2.84 bits per heavy atom. The number of halogens is 2. The first-order valence-corrected chi connectivity index (χ1v) is 5.97. The molecule has 2 rings (SSSR count). The Hall–Kier alpha value is -1.98. The lowest BCUT2D eigenvalue weighted by Crippen LogP contribution is -2.19. The summed E-state index contributed by atoms with van der Waals surface area (Å²) >= 11 is 11.7. The van der Waals surface area contributed by atoms with E-state index in [1.807, 2.05) is 0 Å². The van der Waals surface area contributed by atoms with Crippen molar-refractivity contribution in [1.82, 2.24) is 15.4 Å². The minimum atomic E-state index is -0.450. The molecule has 0 atom stereocenters. The molecule has 1 aromatic heterocycles. The van der Waals surface area contributed by atoms with Gasteiger partial charge < -0.3 is 0 Å². The Balaban J connectivity index is 2.02. The molecule has 0 aliphatic heterocycles. The van der Waals surface area contributed by atoms with Crippen LogP contribution in [-0.4, -0.2) is 22.1 Å². The molecule has 1 amide bonds. The molecule has 1 heterocycles. The standard InChI is InChI=1S/C12H8Cl2N4O/c13-9-2-1-8(10(14)5-9)6-17-18-12(19)11-7-15-3-4-16-11/h1-7H,(H,18,19)/b17-6-. The fourth-order valence-electron chi connectivity index (χ4n) is 1.24. The fraction of sp³-hybridized carbons (Fsp3) is 0. The van der Waals surface area contributed by atoms with Crippen LogP contribution >= 0.6 is 23.2 Å². The fourth-order valence-corrected chi connectivity index (χ4v) is 1.70. The van der Waals surface area contributed by atoms with Crippen molar-refractivity contribution in [3.05, 3.63) is 58.1 Å². The van der Waals surface area contributed by atoms with E-state index in [-0.39, 0.29) is 5.69 Å². The molecule has 0 aliphatic rings. The van der Waals surface area contributed by atoms with Crippen LogP contribution in [0.3, 0.4) is 0 Å². The van der Waals surface area contributed by atoms with Crippen LogP contribution in [0.15, 0.2) is 41.9 Å². The number of rotatable bonds is 3. The van der Waals surface area contributed by atoms with E-state index in [0.717, 1.165) is 0 Å². The minimum absolute atomic E-state index is 0.182. The molecule has 0 spiro atoms. The molecule has 0 saturated heterocycles. The number of amides is 1. The van der Waals surface area contributed by atoms with Gasteiger partial charge in [-0.1, -0.05) is 29.3 Å². The lowest BCUT2D eigenvalue weighted by molar-refractivity contribution is 0.0950. The van der Waals surface area contributed by atoms with Gasteiger partial charge in [-0.25, -0.2) is 10.4 Å². The highest BCUT2D eigenvalue weighted by Gasteiger charge is 2.04. The van der Waals surface area contributed by atoms with Crippen LogP contribution < -0.4 is 5.43 Å². The number of carbonyl (C=O) groups excluding carboxylic acids is 1. The summed E-state index contributed by atoms with van der Waals surface area (Å²) in [5.41, 5.74) is 3.15. The monoisotopic (exact) mass is 294 g/mol. The van der Waals surface area contributed by atoms with Crippen LogP contribution in [0, 0.1) is 0 Å². The quantitative estimate of drug-likeness (QED) is 0.699. The Labute approximate surface area is 119 Å². The van der Waals surface area contributed by atoms with Gasteiger partial charge in [-0.05, 0) is 12.1 Å². The molecule has 5 nitrogen and oxygen atoms in total. The van der Waals surface area contributed by atoms with Gasteiger partial charge in [-0.15, -0.1) is 0 Å². The maximum Gasteiger partial charge on any atom is 0.291 e. The van der Waals surface area contributed by atoms with Crippen molar-refractivity contribution in [2.45, 2.75) is 0 Å². The SMILES string of the molecule is O=C(N/N=C\c1ccc(Cl)cc1Cl)c1cnccn1. The maximum absolute atomic E-state index is 11.6. The van der Waals surface area contributed by atoms with E-state index >= 15 is 0 Å². The van der Waals surface area contributed by atoms with E-state index in [1.54, 1.807) is 18.2 Å². The van der Waals surface area contributed by atoms with Crippen LogP contribution in [0.25, 0.3) is 0 Å². The van der Waals surface area contributed by atoms with Gasteiger partial charge in [0, 0.05) is 23.0 Å². The van der Waals surface area contributed by atoms with Crippen LogP contribution in [-0.2, 0) is 0 Å². The molecule has 0 fully saturated rings. The summed E-state index contributed by atoms with van der Waals surface area (Å²) in [6.07, 6.45) is 5.68. The molecule has 2 aromatic rings. The minimum Gasteiger partial charge on any atom is -0.265 e. The van der Waals surface area contributed by atoms with E-state index in [0.29, 0.717) is 15.6 Å². The third kappa shape index (κ3) is 3.74. The first-order chi connectivity index (χ1) is 9.16. The van der Waals surface area contributed by atoms with Crippen molar-refractivity contribution in [2.75, 3.05) is 0 Å². The summed E-state index contributed by atoms with van der Waals surface area (Å²) < 4.78 is 0.